The number of oxazole rings is 1. The molecule has 0 bridgehead atoms. The van der Waals surface area contributed by atoms with Gasteiger partial charge in [-0.3, -0.25) is 4.98 Å². The molecule has 0 atom stereocenters. The third kappa shape index (κ3) is 2.99. The number of benzene rings is 1. The molecule has 1 aromatic carbocycles. The summed E-state index contributed by atoms with van der Waals surface area (Å²) in [7, 11) is 0. The summed E-state index contributed by atoms with van der Waals surface area (Å²) >= 11 is 0. The Bertz CT molecular complexity index is 885. The lowest BCUT2D eigenvalue weighted by atomic mass is 10.2. The van der Waals surface area contributed by atoms with Gasteiger partial charge in [0.05, 0.1) is 6.54 Å². The number of aromatic nitrogens is 2. The van der Waals surface area contributed by atoms with Gasteiger partial charge in [-0.1, -0.05) is 6.07 Å². The van der Waals surface area contributed by atoms with Gasteiger partial charge in [-0.2, -0.15) is 0 Å². The van der Waals surface area contributed by atoms with E-state index in [2.05, 4.69) is 9.97 Å². The van der Waals surface area contributed by atoms with Gasteiger partial charge in [-0.15, -0.1) is 0 Å². The van der Waals surface area contributed by atoms with E-state index in [1.165, 1.54) is 6.07 Å². The summed E-state index contributed by atoms with van der Waals surface area (Å²) in [4.78, 5) is 10.9. The Hall–Kier alpha value is -2.76. The Balaban J connectivity index is 1.66. The zero-order chi connectivity index (χ0) is 17.4. The Kier molecular flexibility index (Phi) is 3.95. The van der Waals surface area contributed by atoms with Crippen molar-refractivity contribution in [1.29, 1.82) is 0 Å². The van der Waals surface area contributed by atoms with E-state index in [9.17, 15) is 8.78 Å². The van der Waals surface area contributed by atoms with Crippen LogP contribution < -0.4 is 4.90 Å². The van der Waals surface area contributed by atoms with Crippen LogP contribution in [0.5, 0.6) is 0 Å². The molecular weight excluding hydrogens is 324 g/mol. The molecule has 25 heavy (non-hydrogen) atoms. The maximum Gasteiger partial charge on any atom is 0.245 e. The number of pyridine rings is 1. The van der Waals surface area contributed by atoms with E-state index < -0.39 is 11.6 Å². The van der Waals surface area contributed by atoms with Crippen molar-refractivity contribution in [3.05, 3.63) is 65.2 Å². The minimum atomic E-state index is -0.825. The van der Waals surface area contributed by atoms with Gasteiger partial charge in [0.15, 0.2) is 11.6 Å². The number of anilines is 1. The van der Waals surface area contributed by atoms with Crippen LogP contribution in [0.3, 0.4) is 0 Å². The fraction of sp³-hybridized carbons (Fsp3) is 0.263. The summed E-state index contributed by atoms with van der Waals surface area (Å²) < 4.78 is 33.2. The minimum Gasteiger partial charge on any atom is -0.440 e. The maximum absolute atomic E-state index is 13.8. The van der Waals surface area contributed by atoms with Gasteiger partial charge in [0.2, 0.25) is 5.89 Å². The molecule has 1 aliphatic heterocycles. The molecule has 0 aliphatic carbocycles. The highest BCUT2D eigenvalue weighted by molar-refractivity contribution is 5.51. The summed E-state index contributed by atoms with van der Waals surface area (Å²) in [6.07, 6.45) is 3.30. The molecule has 3 aromatic rings. The van der Waals surface area contributed by atoms with Crippen LogP contribution in [0, 0.1) is 18.6 Å². The molecule has 4 nitrogen and oxygen atoms in total. The lowest BCUT2D eigenvalue weighted by Crippen LogP contribution is -2.23. The van der Waals surface area contributed by atoms with Crippen molar-refractivity contribution < 1.29 is 13.2 Å². The van der Waals surface area contributed by atoms with Gasteiger partial charge in [-0.05, 0) is 37.1 Å². The van der Waals surface area contributed by atoms with Crippen LogP contribution in [0.25, 0.3) is 11.6 Å². The average Bonchev–Trinajstić information content (AvgIpc) is 2.92. The number of aryl methyl sites for hydroxylation is 2. The van der Waals surface area contributed by atoms with E-state index in [-0.39, 0.29) is 0 Å². The number of halogens is 2. The quantitative estimate of drug-likeness (QED) is 0.698. The van der Waals surface area contributed by atoms with E-state index in [1.54, 1.807) is 19.2 Å². The average molecular weight is 341 g/mol. The highest BCUT2D eigenvalue weighted by atomic mass is 19.2. The van der Waals surface area contributed by atoms with Crippen molar-refractivity contribution in [1.82, 2.24) is 9.97 Å². The predicted molar refractivity (Wildman–Crippen MR) is 90.2 cm³/mol. The molecule has 1 aliphatic rings. The van der Waals surface area contributed by atoms with Crippen molar-refractivity contribution in [2.24, 2.45) is 0 Å². The fourth-order valence-electron chi connectivity index (χ4n) is 3.10. The van der Waals surface area contributed by atoms with Gasteiger partial charge in [0, 0.05) is 30.9 Å². The van der Waals surface area contributed by atoms with Crippen LogP contribution in [0.15, 0.2) is 40.9 Å². The van der Waals surface area contributed by atoms with Crippen molar-refractivity contribution >= 4 is 5.69 Å². The van der Waals surface area contributed by atoms with Gasteiger partial charge < -0.3 is 9.32 Å². The first-order valence-corrected chi connectivity index (χ1v) is 8.22. The van der Waals surface area contributed by atoms with Crippen molar-refractivity contribution in [2.45, 2.75) is 26.3 Å². The van der Waals surface area contributed by atoms with Crippen LogP contribution in [0.4, 0.5) is 14.5 Å². The SMILES string of the molecule is Cc1cc(N2CCCc3oc(-c4ccccn4)nc3C2)cc(F)c1F. The van der Waals surface area contributed by atoms with E-state index in [4.69, 9.17) is 4.42 Å². The highest BCUT2D eigenvalue weighted by Crippen LogP contribution is 2.29. The molecule has 0 amide bonds. The fourth-order valence-corrected chi connectivity index (χ4v) is 3.10. The normalized spacial score (nSPS) is 14.3. The maximum atomic E-state index is 13.8. The molecule has 0 N–H and O–H groups in total. The summed E-state index contributed by atoms with van der Waals surface area (Å²) in [5, 5.41) is 0. The smallest absolute Gasteiger partial charge is 0.245 e. The monoisotopic (exact) mass is 341 g/mol. The first-order chi connectivity index (χ1) is 12.1. The van der Waals surface area contributed by atoms with Crippen molar-refractivity contribution in [3.8, 4) is 11.6 Å². The summed E-state index contributed by atoms with van der Waals surface area (Å²) in [5.74, 6) is -0.289. The van der Waals surface area contributed by atoms with Gasteiger partial charge in [0.25, 0.3) is 0 Å². The van der Waals surface area contributed by atoms with Crippen LogP contribution in [0.1, 0.15) is 23.4 Å². The molecule has 4 rings (SSSR count). The van der Waals surface area contributed by atoms with Crippen LogP contribution in [-0.2, 0) is 13.0 Å². The van der Waals surface area contributed by atoms with Crippen LogP contribution >= 0.6 is 0 Å². The highest BCUT2D eigenvalue weighted by Gasteiger charge is 2.22. The molecule has 0 unspecified atom stereocenters. The Morgan fingerprint density at radius 1 is 1.20 bits per heavy atom. The zero-order valence-electron chi connectivity index (χ0n) is 13.8. The number of nitrogens with zero attached hydrogens (tertiary/aromatic N) is 3. The minimum absolute atomic E-state index is 0.300. The van der Waals surface area contributed by atoms with Crippen LogP contribution in [0.2, 0.25) is 0 Å². The second-order valence-electron chi connectivity index (χ2n) is 6.19. The Labute approximate surface area is 144 Å². The van der Waals surface area contributed by atoms with E-state index in [0.29, 0.717) is 29.4 Å². The van der Waals surface area contributed by atoms with Gasteiger partial charge >= 0.3 is 0 Å². The third-order valence-corrected chi connectivity index (χ3v) is 4.39. The van der Waals surface area contributed by atoms with Gasteiger partial charge in [-0.25, -0.2) is 13.8 Å². The first-order valence-electron chi connectivity index (χ1n) is 8.22. The number of hydrogen-bond donors (Lipinski definition) is 0. The zero-order valence-corrected chi connectivity index (χ0v) is 13.8. The van der Waals surface area contributed by atoms with Gasteiger partial charge in [0.1, 0.15) is 17.1 Å². The second kappa shape index (κ2) is 6.27. The van der Waals surface area contributed by atoms with Crippen molar-refractivity contribution in [2.75, 3.05) is 11.4 Å². The molecule has 0 fully saturated rings. The largest absolute Gasteiger partial charge is 0.440 e. The molecule has 3 heterocycles. The van der Waals surface area contributed by atoms with E-state index >= 15 is 0 Å². The molecular formula is C19H17F2N3O. The van der Waals surface area contributed by atoms with E-state index in [1.807, 2.05) is 23.1 Å². The standard InChI is InChI=1S/C19H17F2N3O/c1-12-9-13(10-14(20)18(12)21)24-8-4-6-17-16(11-24)23-19(25-17)15-5-2-3-7-22-15/h2-3,5,7,9-10H,4,6,8,11H2,1H3. The Morgan fingerprint density at radius 3 is 2.84 bits per heavy atom. The summed E-state index contributed by atoms with van der Waals surface area (Å²) in [6.45, 7) is 2.80. The summed E-state index contributed by atoms with van der Waals surface area (Å²) in [5.41, 5.74) is 2.46. The molecule has 6 heteroatoms. The molecule has 0 saturated carbocycles. The Morgan fingerprint density at radius 2 is 2.08 bits per heavy atom. The first kappa shape index (κ1) is 15.7. The third-order valence-electron chi connectivity index (χ3n) is 4.39. The number of rotatable bonds is 2. The predicted octanol–water partition coefficient (Wildman–Crippen LogP) is 4.28. The molecule has 0 spiro atoms. The lowest BCUT2D eigenvalue weighted by Gasteiger charge is -2.23. The van der Waals surface area contributed by atoms with E-state index in [0.717, 1.165) is 30.8 Å². The molecule has 0 radical (unpaired) electrons. The molecule has 2 aromatic heterocycles. The number of hydrogen-bond acceptors (Lipinski definition) is 4. The topological polar surface area (TPSA) is 42.2 Å². The lowest BCUT2D eigenvalue weighted by molar-refractivity contribution is 0.502. The summed E-state index contributed by atoms with van der Waals surface area (Å²) in [6, 6.07) is 8.48. The molecule has 128 valence electrons. The van der Waals surface area contributed by atoms with Crippen molar-refractivity contribution in [3.63, 3.8) is 0 Å². The van der Waals surface area contributed by atoms with Crippen LogP contribution in [-0.4, -0.2) is 16.5 Å². The number of fused-ring (bicyclic) bond motifs is 1. The second-order valence-corrected chi connectivity index (χ2v) is 6.19. The molecule has 0 saturated heterocycles.